The first-order valence-corrected chi connectivity index (χ1v) is 6.05. The van der Waals surface area contributed by atoms with Gasteiger partial charge in [-0.3, -0.25) is 9.69 Å². The summed E-state index contributed by atoms with van der Waals surface area (Å²) in [5.41, 5.74) is 1.84. The third-order valence-electron chi connectivity index (χ3n) is 3.03. The molecule has 0 N–H and O–H groups in total. The van der Waals surface area contributed by atoms with Crippen molar-refractivity contribution in [3.05, 3.63) is 29.3 Å². The molecule has 0 saturated carbocycles. The lowest BCUT2D eigenvalue weighted by atomic mass is 10.1. The van der Waals surface area contributed by atoms with Crippen molar-refractivity contribution in [2.24, 2.45) is 0 Å². The number of carbonyl (C=O) groups is 1. The number of hydrogen-bond donors (Lipinski definition) is 0. The summed E-state index contributed by atoms with van der Waals surface area (Å²) in [4.78, 5) is 13.9. The normalized spacial score (nSPS) is 12.9. The molecule has 4 nitrogen and oxygen atoms in total. The average Bonchev–Trinajstić information content (AvgIpc) is 2.83. The first kappa shape index (κ1) is 12.6. The quantitative estimate of drug-likeness (QED) is 0.739. The van der Waals surface area contributed by atoms with Gasteiger partial charge in [-0.15, -0.1) is 0 Å². The minimum Gasteiger partial charge on any atom is -0.493 e. The van der Waals surface area contributed by atoms with E-state index in [0.29, 0.717) is 26.1 Å². The number of hydrogen-bond acceptors (Lipinski definition) is 4. The second-order valence-electron chi connectivity index (χ2n) is 4.49. The summed E-state index contributed by atoms with van der Waals surface area (Å²) in [5.74, 6) is 0.981. The highest BCUT2D eigenvalue weighted by Gasteiger charge is 2.15. The molecule has 4 heteroatoms. The number of carbonyl (C=O) groups excluding carboxylic acids is 1. The summed E-state index contributed by atoms with van der Waals surface area (Å²) in [6.45, 7) is 1.67. The van der Waals surface area contributed by atoms with E-state index in [-0.39, 0.29) is 5.78 Å². The van der Waals surface area contributed by atoms with E-state index in [4.69, 9.17) is 10.00 Å². The second-order valence-corrected chi connectivity index (χ2v) is 4.49. The van der Waals surface area contributed by atoms with Gasteiger partial charge >= 0.3 is 0 Å². The largest absolute Gasteiger partial charge is 0.493 e. The summed E-state index contributed by atoms with van der Waals surface area (Å²) in [6, 6.07) is 7.67. The van der Waals surface area contributed by atoms with Crippen molar-refractivity contribution < 1.29 is 9.53 Å². The summed E-state index contributed by atoms with van der Waals surface area (Å²) in [7, 11) is 1.85. The molecular weight excluding hydrogens is 228 g/mol. The number of ether oxygens (including phenoxy) is 1. The van der Waals surface area contributed by atoms with Crippen LogP contribution in [0.25, 0.3) is 0 Å². The number of fused-ring (bicyclic) bond motifs is 1. The van der Waals surface area contributed by atoms with E-state index in [1.807, 2.05) is 30.1 Å². The van der Waals surface area contributed by atoms with Gasteiger partial charge in [0.15, 0.2) is 5.78 Å². The lowest BCUT2D eigenvalue weighted by Gasteiger charge is -2.13. The third-order valence-corrected chi connectivity index (χ3v) is 3.03. The van der Waals surface area contributed by atoms with Crippen molar-refractivity contribution in [1.29, 1.82) is 5.26 Å². The van der Waals surface area contributed by atoms with Crippen molar-refractivity contribution >= 4 is 5.78 Å². The summed E-state index contributed by atoms with van der Waals surface area (Å²) in [5, 5.41) is 8.50. The van der Waals surface area contributed by atoms with Crippen LogP contribution in [0.15, 0.2) is 18.2 Å². The van der Waals surface area contributed by atoms with Crippen LogP contribution in [0.1, 0.15) is 22.3 Å². The Balaban J connectivity index is 1.99. The van der Waals surface area contributed by atoms with E-state index in [1.165, 1.54) is 0 Å². The Kier molecular flexibility index (Phi) is 3.96. The van der Waals surface area contributed by atoms with Gasteiger partial charge in [-0.1, -0.05) is 0 Å². The van der Waals surface area contributed by atoms with Crippen LogP contribution in [-0.4, -0.2) is 37.4 Å². The smallest absolute Gasteiger partial charge is 0.176 e. The molecule has 0 aliphatic carbocycles. The number of likely N-dealkylation sites (N-methyl/N-ethyl adjacent to an activating group) is 1. The summed E-state index contributed by atoms with van der Waals surface area (Å²) in [6.07, 6.45) is 1.32. The lowest BCUT2D eigenvalue weighted by molar-refractivity contribution is 0.0947. The molecule has 1 aliphatic rings. The number of Topliss-reactive ketones (excluding diaryl/α,β-unsaturated/α-hetero) is 1. The molecule has 0 atom stereocenters. The van der Waals surface area contributed by atoms with E-state index < -0.39 is 0 Å². The van der Waals surface area contributed by atoms with E-state index in [0.717, 1.165) is 23.3 Å². The Bertz CT molecular complexity index is 491. The zero-order chi connectivity index (χ0) is 13.0. The van der Waals surface area contributed by atoms with Crippen LogP contribution in [0, 0.1) is 11.3 Å². The van der Waals surface area contributed by atoms with Gasteiger partial charge in [0.05, 0.1) is 19.2 Å². The molecule has 0 fully saturated rings. The Morgan fingerprint density at radius 3 is 3.17 bits per heavy atom. The topological polar surface area (TPSA) is 53.3 Å². The van der Waals surface area contributed by atoms with Gasteiger partial charge in [0.2, 0.25) is 0 Å². The number of nitrogens with zero attached hydrogens (tertiary/aromatic N) is 2. The van der Waals surface area contributed by atoms with E-state index in [9.17, 15) is 4.79 Å². The van der Waals surface area contributed by atoms with Crippen LogP contribution in [0.4, 0.5) is 0 Å². The zero-order valence-corrected chi connectivity index (χ0v) is 10.5. The Hall–Kier alpha value is -1.86. The van der Waals surface area contributed by atoms with Crippen molar-refractivity contribution in [1.82, 2.24) is 4.90 Å². The fraction of sp³-hybridized carbons (Fsp3) is 0.429. The van der Waals surface area contributed by atoms with Gasteiger partial charge in [0.25, 0.3) is 0 Å². The standard InChI is InChI=1S/C14H16N2O2/c1-16(7-2-6-15)10-13(17)11-3-4-14-12(9-11)5-8-18-14/h3-4,9H,2,5,7-8,10H2,1H3. The third kappa shape index (κ3) is 2.88. The molecular formula is C14H16N2O2. The van der Waals surface area contributed by atoms with Crippen molar-refractivity contribution in [3.63, 3.8) is 0 Å². The number of ketones is 1. The molecule has 1 heterocycles. The van der Waals surface area contributed by atoms with Gasteiger partial charge in [0, 0.05) is 24.9 Å². The Morgan fingerprint density at radius 1 is 1.56 bits per heavy atom. The predicted molar refractivity (Wildman–Crippen MR) is 67.7 cm³/mol. The maximum absolute atomic E-state index is 12.1. The van der Waals surface area contributed by atoms with Crippen molar-refractivity contribution in [3.8, 4) is 11.8 Å². The number of benzene rings is 1. The molecule has 2 rings (SSSR count). The zero-order valence-electron chi connectivity index (χ0n) is 10.5. The Labute approximate surface area is 107 Å². The van der Waals surface area contributed by atoms with Crippen LogP contribution >= 0.6 is 0 Å². The first-order valence-electron chi connectivity index (χ1n) is 6.05. The number of nitriles is 1. The van der Waals surface area contributed by atoms with Crippen molar-refractivity contribution in [2.45, 2.75) is 12.8 Å². The Morgan fingerprint density at radius 2 is 2.39 bits per heavy atom. The van der Waals surface area contributed by atoms with Gasteiger partial charge in [-0.05, 0) is 30.8 Å². The molecule has 0 saturated heterocycles. The molecule has 94 valence electrons. The van der Waals surface area contributed by atoms with Gasteiger partial charge in [-0.25, -0.2) is 0 Å². The number of rotatable bonds is 5. The fourth-order valence-corrected chi connectivity index (χ4v) is 2.02. The molecule has 0 bridgehead atoms. The highest BCUT2D eigenvalue weighted by atomic mass is 16.5. The molecule has 0 aromatic heterocycles. The minimum atomic E-state index is 0.0881. The van der Waals surface area contributed by atoms with Gasteiger partial charge in [0.1, 0.15) is 5.75 Å². The van der Waals surface area contributed by atoms with Crippen LogP contribution < -0.4 is 4.74 Å². The molecule has 0 unspecified atom stereocenters. The molecule has 0 amide bonds. The molecule has 0 radical (unpaired) electrons. The average molecular weight is 244 g/mol. The van der Waals surface area contributed by atoms with Gasteiger partial charge < -0.3 is 4.74 Å². The molecule has 0 spiro atoms. The maximum atomic E-state index is 12.1. The lowest BCUT2D eigenvalue weighted by Crippen LogP contribution is -2.26. The van der Waals surface area contributed by atoms with Crippen LogP contribution in [0.5, 0.6) is 5.75 Å². The SMILES string of the molecule is CN(CCC#N)CC(=O)c1ccc2c(c1)CCO2. The van der Waals surface area contributed by atoms with E-state index >= 15 is 0 Å². The molecule has 1 aromatic rings. The predicted octanol–water partition coefficient (Wildman–Crippen LogP) is 1.65. The summed E-state index contributed by atoms with van der Waals surface area (Å²) < 4.78 is 5.41. The minimum absolute atomic E-state index is 0.0881. The molecule has 18 heavy (non-hydrogen) atoms. The highest BCUT2D eigenvalue weighted by molar-refractivity contribution is 5.98. The molecule has 1 aromatic carbocycles. The van der Waals surface area contributed by atoms with Crippen LogP contribution in [0.2, 0.25) is 0 Å². The van der Waals surface area contributed by atoms with Crippen molar-refractivity contribution in [2.75, 3.05) is 26.7 Å². The van der Waals surface area contributed by atoms with Crippen LogP contribution in [-0.2, 0) is 6.42 Å². The second kappa shape index (κ2) is 5.65. The first-order chi connectivity index (χ1) is 8.70. The van der Waals surface area contributed by atoms with E-state index in [2.05, 4.69) is 6.07 Å². The van der Waals surface area contributed by atoms with Gasteiger partial charge in [-0.2, -0.15) is 5.26 Å². The molecule has 1 aliphatic heterocycles. The van der Waals surface area contributed by atoms with Crippen LogP contribution in [0.3, 0.4) is 0 Å². The monoisotopic (exact) mass is 244 g/mol. The summed E-state index contributed by atoms with van der Waals surface area (Å²) >= 11 is 0. The fourth-order valence-electron chi connectivity index (χ4n) is 2.02. The highest BCUT2D eigenvalue weighted by Crippen LogP contribution is 2.25. The van der Waals surface area contributed by atoms with E-state index in [1.54, 1.807) is 0 Å². The maximum Gasteiger partial charge on any atom is 0.176 e.